The largest absolute Gasteiger partial charge is 0.465 e. The van der Waals surface area contributed by atoms with Gasteiger partial charge in [-0.15, -0.1) is 0 Å². The van der Waals surface area contributed by atoms with E-state index in [1.165, 1.54) is 7.11 Å². The van der Waals surface area contributed by atoms with E-state index in [1.54, 1.807) is 6.07 Å². The first-order chi connectivity index (χ1) is 8.13. The SMILES string of the molecule is COC(=O)c1cc(-c2ccccc2C)[nH]c1Cl. The van der Waals surface area contributed by atoms with Crippen molar-refractivity contribution in [1.29, 1.82) is 0 Å². The van der Waals surface area contributed by atoms with Gasteiger partial charge in [0, 0.05) is 11.3 Å². The van der Waals surface area contributed by atoms with Crippen molar-refractivity contribution in [3.63, 3.8) is 0 Å². The van der Waals surface area contributed by atoms with Crippen LogP contribution in [0.1, 0.15) is 15.9 Å². The highest BCUT2D eigenvalue weighted by Crippen LogP contribution is 2.27. The summed E-state index contributed by atoms with van der Waals surface area (Å²) < 4.78 is 4.65. The zero-order chi connectivity index (χ0) is 12.4. The molecule has 0 aliphatic rings. The van der Waals surface area contributed by atoms with Crippen molar-refractivity contribution in [1.82, 2.24) is 4.98 Å². The van der Waals surface area contributed by atoms with E-state index in [2.05, 4.69) is 9.72 Å². The van der Waals surface area contributed by atoms with Gasteiger partial charge >= 0.3 is 5.97 Å². The number of aromatic amines is 1. The number of aryl methyl sites for hydroxylation is 1. The van der Waals surface area contributed by atoms with Gasteiger partial charge in [-0.1, -0.05) is 35.9 Å². The van der Waals surface area contributed by atoms with Crippen molar-refractivity contribution in [3.8, 4) is 11.3 Å². The normalized spacial score (nSPS) is 10.3. The molecule has 17 heavy (non-hydrogen) atoms. The molecule has 2 rings (SSSR count). The number of nitrogens with one attached hydrogen (secondary N) is 1. The highest BCUT2D eigenvalue weighted by Gasteiger charge is 2.15. The summed E-state index contributed by atoms with van der Waals surface area (Å²) in [7, 11) is 1.33. The maximum Gasteiger partial charge on any atom is 0.341 e. The van der Waals surface area contributed by atoms with Crippen molar-refractivity contribution in [2.45, 2.75) is 6.92 Å². The van der Waals surface area contributed by atoms with Crippen LogP contribution in [-0.4, -0.2) is 18.1 Å². The molecule has 0 aliphatic carbocycles. The molecule has 0 bridgehead atoms. The molecule has 2 aromatic rings. The van der Waals surface area contributed by atoms with E-state index < -0.39 is 5.97 Å². The molecule has 0 unspecified atom stereocenters. The number of esters is 1. The topological polar surface area (TPSA) is 42.1 Å². The molecule has 0 saturated carbocycles. The van der Waals surface area contributed by atoms with Crippen LogP contribution in [0.2, 0.25) is 5.15 Å². The van der Waals surface area contributed by atoms with Gasteiger partial charge in [-0.3, -0.25) is 0 Å². The van der Waals surface area contributed by atoms with Crippen molar-refractivity contribution in [2.24, 2.45) is 0 Å². The van der Waals surface area contributed by atoms with Gasteiger partial charge in [0.1, 0.15) is 5.15 Å². The monoisotopic (exact) mass is 249 g/mol. The molecule has 1 heterocycles. The van der Waals surface area contributed by atoms with Crippen LogP contribution >= 0.6 is 11.6 Å². The van der Waals surface area contributed by atoms with Gasteiger partial charge < -0.3 is 9.72 Å². The number of ether oxygens (including phenoxy) is 1. The lowest BCUT2D eigenvalue weighted by atomic mass is 10.1. The van der Waals surface area contributed by atoms with E-state index in [0.29, 0.717) is 10.7 Å². The van der Waals surface area contributed by atoms with Crippen LogP contribution in [0.4, 0.5) is 0 Å². The molecule has 0 spiro atoms. The Morgan fingerprint density at radius 1 is 1.35 bits per heavy atom. The number of carbonyl (C=O) groups is 1. The Labute approximate surface area is 104 Å². The van der Waals surface area contributed by atoms with Crippen LogP contribution in [0.15, 0.2) is 30.3 Å². The van der Waals surface area contributed by atoms with Gasteiger partial charge in [0.2, 0.25) is 0 Å². The number of methoxy groups -OCH3 is 1. The molecule has 1 aromatic heterocycles. The fourth-order valence-electron chi connectivity index (χ4n) is 1.71. The Bertz CT molecular complexity index is 560. The van der Waals surface area contributed by atoms with E-state index in [0.717, 1.165) is 16.8 Å². The van der Waals surface area contributed by atoms with Crippen LogP contribution in [0.3, 0.4) is 0 Å². The van der Waals surface area contributed by atoms with Crippen LogP contribution in [0.5, 0.6) is 0 Å². The number of benzene rings is 1. The lowest BCUT2D eigenvalue weighted by Gasteiger charge is -2.01. The third kappa shape index (κ3) is 2.19. The molecule has 1 aromatic carbocycles. The Hall–Kier alpha value is -1.74. The maximum absolute atomic E-state index is 11.4. The second kappa shape index (κ2) is 4.63. The first kappa shape index (κ1) is 11.7. The fourth-order valence-corrected chi connectivity index (χ4v) is 1.94. The van der Waals surface area contributed by atoms with Crippen molar-refractivity contribution < 1.29 is 9.53 Å². The van der Waals surface area contributed by atoms with E-state index >= 15 is 0 Å². The molecular formula is C13H12ClNO2. The van der Waals surface area contributed by atoms with Crippen molar-refractivity contribution in [3.05, 3.63) is 46.6 Å². The molecule has 0 aliphatic heterocycles. The molecule has 4 heteroatoms. The molecule has 0 atom stereocenters. The third-order valence-corrected chi connectivity index (χ3v) is 2.91. The lowest BCUT2D eigenvalue weighted by molar-refractivity contribution is 0.0601. The number of hydrogen-bond donors (Lipinski definition) is 1. The van der Waals surface area contributed by atoms with Crippen molar-refractivity contribution in [2.75, 3.05) is 7.11 Å². The molecule has 88 valence electrons. The second-order valence-electron chi connectivity index (χ2n) is 3.72. The zero-order valence-electron chi connectivity index (χ0n) is 9.58. The van der Waals surface area contributed by atoms with Gasteiger partial charge in [0.25, 0.3) is 0 Å². The van der Waals surface area contributed by atoms with Crippen LogP contribution in [-0.2, 0) is 4.74 Å². The van der Waals surface area contributed by atoms with Crippen LogP contribution in [0, 0.1) is 6.92 Å². The minimum atomic E-state index is -0.439. The molecule has 0 amide bonds. The van der Waals surface area contributed by atoms with Gasteiger partial charge in [0.15, 0.2) is 0 Å². The predicted octanol–water partition coefficient (Wildman–Crippen LogP) is 3.43. The number of hydrogen-bond acceptors (Lipinski definition) is 2. The molecule has 0 saturated heterocycles. The first-order valence-corrected chi connectivity index (χ1v) is 5.54. The highest BCUT2D eigenvalue weighted by atomic mass is 35.5. The standard InChI is InChI=1S/C13H12ClNO2/c1-8-5-3-4-6-9(8)11-7-10(12(14)15-11)13(16)17-2/h3-7,15H,1-2H3. The average molecular weight is 250 g/mol. The van der Waals surface area contributed by atoms with E-state index in [9.17, 15) is 4.79 Å². The predicted molar refractivity (Wildman–Crippen MR) is 67.3 cm³/mol. The summed E-state index contributed by atoms with van der Waals surface area (Å²) in [6.07, 6.45) is 0. The summed E-state index contributed by atoms with van der Waals surface area (Å²) >= 11 is 5.96. The second-order valence-corrected chi connectivity index (χ2v) is 4.10. The molecule has 0 fully saturated rings. The van der Waals surface area contributed by atoms with E-state index in [-0.39, 0.29) is 0 Å². The minimum Gasteiger partial charge on any atom is -0.465 e. The molecular weight excluding hydrogens is 238 g/mol. The highest BCUT2D eigenvalue weighted by molar-refractivity contribution is 6.32. The minimum absolute atomic E-state index is 0.301. The van der Waals surface area contributed by atoms with Crippen molar-refractivity contribution >= 4 is 17.6 Å². The number of rotatable bonds is 2. The van der Waals surface area contributed by atoms with E-state index in [1.807, 2.05) is 31.2 Å². The molecule has 0 radical (unpaired) electrons. The number of H-pyrrole nitrogens is 1. The van der Waals surface area contributed by atoms with Gasteiger partial charge in [-0.05, 0) is 18.6 Å². The Kier molecular flexibility index (Phi) is 3.20. The number of halogens is 1. The fraction of sp³-hybridized carbons (Fsp3) is 0.154. The zero-order valence-corrected chi connectivity index (χ0v) is 10.3. The van der Waals surface area contributed by atoms with Gasteiger partial charge in [-0.2, -0.15) is 0 Å². The summed E-state index contributed by atoms with van der Waals surface area (Å²) in [6, 6.07) is 9.58. The summed E-state index contributed by atoms with van der Waals surface area (Å²) in [5.41, 5.74) is 3.30. The van der Waals surface area contributed by atoms with Gasteiger partial charge in [-0.25, -0.2) is 4.79 Å². The summed E-state index contributed by atoms with van der Waals surface area (Å²) in [5.74, 6) is -0.439. The number of carbonyl (C=O) groups excluding carboxylic acids is 1. The van der Waals surface area contributed by atoms with Crippen LogP contribution in [0.25, 0.3) is 11.3 Å². The molecule has 3 nitrogen and oxygen atoms in total. The Balaban J connectivity index is 2.49. The van der Waals surface area contributed by atoms with E-state index in [4.69, 9.17) is 11.6 Å². The summed E-state index contributed by atoms with van der Waals surface area (Å²) in [4.78, 5) is 14.4. The molecule has 1 N–H and O–H groups in total. The van der Waals surface area contributed by atoms with Crippen LogP contribution < -0.4 is 0 Å². The summed E-state index contributed by atoms with van der Waals surface area (Å²) in [5, 5.41) is 0.301. The Morgan fingerprint density at radius 2 is 2.06 bits per heavy atom. The Morgan fingerprint density at radius 3 is 2.71 bits per heavy atom. The smallest absolute Gasteiger partial charge is 0.341 e. The first-order valence-electron chi connectivity index (χ1n) is 5.16. The number of aromatic nitrogens is 1. The average Bonchev–Trinajstić information content (AvgIpc) is 2.71. The lowest BCUT2D eigenvalue weighted by Crippen LogP contribution is -1.99. The summed E-state index contributed by atoms with van der Waals surface area (Å²) in [6.45, 7) is 2.00. The quantitative estimate of drug-likeness (QED) is 0.829. The maximum atomic E-state index is 11.4. The van der Waals surface area contributed by atoms with Gasteiger partial charge in [0.05, 0.1) is 12.7 Å². The third-order valence-electron chi connectivity index (χ3n) is 2.61.